The Hall–Kier alpha value is -0.620. The zero-order valence-electron chi connectivity index (χ0n) is 13.8. The summed E-state index contributed by atoms with van der Waals surface area (Å²) in [5.41, 5.74) is 2.91. The van der Waals surface area contributed by atoms with Crippen LogP contribution >= 0.6 is 35.0 Å². The van der Waals surface area contributed by atoms with Crippen LogP contribution in [-0.2, 0) is 5.75 Å². The number of benzene rings is 1. The van der Waals surface area contributed by atoms with Gasteiger partial charge in [-0.1, -0.05) is 18.2 Å². The molecule has 0 radical (unpaired) electrons. The maximum absolute atomic E-state index is 2.57. The molecule has 23 heavy (non-hydrogen) atoms. The molecule has 2 heterocycles. The molecule has 3 rings (SSSR count). The average molecular weight is 365 g/mol. The minimum absolute atomic E-state index is 1.05. The lowest BCUT2D eigenvalue weighted by molar-refractivity contribution is 0.577. The van der Waals surface area contributed by atoms with E-state index in [-0.39, 0.29) is 0 Å². The van der Waals surface area contributed by atoms with E-state index < -0.39 is 0 Å². The average Bonchev–Trinajstić information content (AvgIpc) is 3.01. The van der Waals surface area contributed by atoms with E-state index in [1.54, 1.807) is 11.9 Å². The molecule has 0 aliphatic carbocycles. The van der Waals surface area contributed by atoms with E-state index in [0.29, 0.717) is 0 Å². The molecule has 0 bridgehead atoms. The molecule has 124 valence electrons. The first-order chi connectivity index (χ1) is 11.2. The first-order valence-corrected chi connectivity index (χ1v) is 10.7. The van der Waals surface area contributed by atoms with Gasteiger partial charge in [-0.2, -0.15) is 0 Å². The van der Waals surface area contributed by atoms with Crippen molar-refractivity contribution in [3.63, 3.8) is 0 Å². The highest BCUT2D eigenvalue weighted by atomic mass is 32.2. The number of hydrogen-bond acceptors (Lipinski definition) is 5. The molecular formula is C18H24N2S3. The molecule has 2 nitrogen and oxygen atoms in total. The van der Waals surface area contributed by atoms with Gasteiger partial charge < -0.3 is 4.90 Å². The largest absolute Gasteiger partial charge is 0.371 e. The van der Waals surface area contributed by atoms with Crippen molar-refractivity contribution in [1.82, 2.24) is 4.31 Å². The number of piperidine rings is 1. The summed E-state index contributed by atoms with van der Waals surface area (Å²) in [5, 5.41) is 0. The third-order valence-corrected chi connectivity index (χ3v) is 7.20. The van der Waals surface area contributed by atoms with Gasteiger partial charge in [0.25, 0.3) is 0 Å². The molecule has 0 amide bonds. The molecule has 0 atom stereocenters. The summed E-state index contributed by atoms with van der Waals surface area (Å²) in [6.45, 7) is 2.43. The van der Waals surface area contributed by atoms with Crippen LogP contribution in [-0.4, -0.2) is 31.5 Å². The minimum Gasteiger partial charge on any atom is -0.371 e. The number of hydrogen-bond donors (Lipinski definition) is 0. The van der Waals surface area contributed by atoms with E-state index in [1.807, 2.05) is 23.1 Å². The quantitative estimate of drug-likeness (QED) is 0.486. The van der Waals surface area contributed by atoms with Gasteiger partial charge in [0.1, 0.15) is 0 Å². The number of thioether (sulfide) groups is 1. The predicted molar refractivity (Wildman–Crippen MR) is 106 cm³/mol. The van der Waals surface area contributed by atoms with Gasteiger partial charge in [0, 0.05) is 24.5 Å². The van der Waals surface area contributed by atoms with Gasteiger partial charge in [0.15, 0.2) is 0 Å². The Kier molecular flexibility index (Phi) is 6.34. The zero-order chi connectivity index (χ0) is 16.1. The summed E-state index contributed by atoms with van der Waals surface area (Å²) >= 11 is 5.65. The topological polar surface area (TPSA) is 6.48 Å². The first-order valence-electron chi connectivity index (χ1n) is 8.13. The second kappa shape index (κ2) is 8.47. The van der Waals surface area contributed by atoms with E-state index in [0.717, 1.165) is 5.75 Å². The van der Waals surface area contributed by atoms with Gasteiger partial charge in [0.05, 0.1) is 8.42 Å². The third kappa shape index (κ3) is 4.92. The van der Waals surface area contributed by atoms with Crippen molar-refractivity contribution in [1.29, 1.82) is 0 Å². The highest BCUT2D eigenvalue weighted by molar-refractivity contribution is 8.02. The van der Waals surface area contributed by atoms with Crippen LogP contribution in [0.4, 0.5) is 5.69 Å². The van der Waals surface area contributed by atoms with E-state index in [2.05, 4.69) is 59.7 Å². The van der Waals surface area contributed by atoms with Gasteiger partial charge >= 0.3 is 0 Å². The number of para-hydroxylation sites is 1. The van der Waals surface area contributed by atoms with Gasteiger partial charge in [0.2, 0.25) is 0 Å². The van der Waals surface area contributed by atoms with Crippen molar-refractivity contribution >= 4 is 40.7 Å². The molecule has 0 spiro atoms. The lowest BCUT2D eigenvalue weighted by atomic mass is 10.1. The number of rotatable bonds is 6. The molecule has 1 saturated heterocycles. The molecule has 1 aromatic carbocycles. The number of anilines is 1. The third-order valence-electron chi connectivity index (χ3n) is 3.89. The molecule has 1 fully saturated rings. The molecule has 0 unspecified atom stereocenters. The van der Waals surface area contributed by atoms with Crippen LogP contribution in [0, 0.1) is 0 Å². The zero-order valence-corrected chi connectivity index (χ0v) is 16.3. The summed E-state index contributed by atoms with van der Waals surface area (Å²) in [6.07, 6.45) is 4.05. The smallest absolute Gasteiger partial charge is 0.0765 e. The molecule has 5 heteroatoms. The monoisotopic (exact) mass is 364 g/mol. The van der Waals surface area contributed by atoms with E-state index in [9.17, 15) is 0 Å². The van der Waals surface area contributed by atoms with Gasteiger partial charge in [-0.25, -0.2) is 0 Å². The standard InChI is InChI=1S/C18H24N2S3/c1-19(2)23-18-11-10-17(22-18)21-14-15-8-4-5-9-16(15)20-12-6-3-7-13-20/h4-5,8-11H,3,6-7,12-14H2,1-2H3. The van der Waals surface area contributed by atoms with Crippen molar-refractivity contribution in [2.75, 3.05) is 32.1 Å². The molecule has 1 aliphatic rings. The normalized spacial score (nSPS) is 15.3. The maximum Gasteiger partial charge on any atom is 0.0765 e. The van der Waals surface area contributed by atoms with Crippen molar-refractivity contribution in [2.24, 2.45) is 0 Å². The Balaban J connectivity index is 1.65. The van der Waals surface area contributed by atoms with Crippen LogP contribution in [0.5, 0.6) is 0 Å². The first kappa shape index (κ1) is 17.2. The van der Waals surface area contributed by atoms with E-state index >= 15 is 0 Å². The summed E-state index contributed by atoms with van der Waals surface area (Å²) in [6, 6.07) is 13.4. The maximum atomic E-state index is 2.57. The van der Waals surface area contributed by atoms with Gasteiger partial charge in [-0.15, -0.1) is 23.1 Å². The van der Waals surface area contributed by atoms with Crippen molar-refractivity contribution in [2.45, 2.75) is 33.4 Å². The second-order valence-corrected chi connectivity index (χ2v) is 9.91. The van der Waals surface area contributed by atoms with Crippen LogP contribution in [0.2, 0.25) is 0 Å². The Morgan fingerprint density at radius 2 is 1.74 bits per heavy atom. The van der Waals surface area contributed by atoms with Gasteiger partial charge in [-0.05, 0) is 69.1 Å². The summed E-state index contributed by atoms with van der Waals surface area (Å²) in [7, 11) is 4.18. The van der Waals surface area contributed by atoms with Gasteiger partial charge in [-0.3, -0.25) is 4.31 Å². The summed E-state index contributed by atoms with van der Waals surface area (Å²) in [5.74, 6) is 1.05. The van der Waals surface area contributed by atoms with Crippen molar-refractivity contribution in [3.8, 4) is 0 Å². The Morgan fingerprint density at radius 1 is 1.00 bits per heavy atom. The van der Waals surface area contributed by atoms with Crippen LogP contribution in [0.1, 0.15) is 24.8 Å². The molecule has 0 saturated carbocycles. The van der Waals surface area contributed by atoms with Crippen LogP contribution in [0.15, 0.2) is 44.8 Å². The second-order valence-electron chi connectivity index (χ2n) is 5.94. The SMILES string of the molecule is CN(C)Sc1ccc(SCc2ccccc2N2CCCCC2)s1. The molecule has 1 aromatic heterocycles. The Labute approximate surface area is 152 Å². The van der Waals surface area contributed by atoms with Crippen molar-refractivity contribution in [3.05, 3.63) is 42.0 Å². The van der Waals surface area contributed by atoms with Crippen LogP contribution in [0.25, 0.3) is 0 Å². The lowest BCUT2D eigenvalue weighted by Crippen LogP contribution is -2.30. The fourth-order valence-corrected chi connectivity index (χ4v) is 6.21. The number of nitrogens with zero attached hydrogens (tertiary/aromatic N) is 2. The summed E-state index contributed by atoms with van der Waals surface area (Å²) < 4.78 is 4.91. The predicted octanol–water partition coefficient (Wildman–Crippen LogP) is 5.60. The van der Waals surface area contributed by atoms with Crippen LogP contribution < -0.4 is 4.90 Å². The van der Waals surface area contributed by atoms with Crippen LogP contribution in [0.3, 0.4) is 0 Å². The Morgan fingerprint density at radius 3 is 2.52 bits per heavy atom. The van der Waals surface area contributed by atoms with E-state index in [1.165, 1.54) is 52.0 Å². The highest BCUT2D eigenvalue weighted by Gasteiger charge is 2.14. The van der Waals surface area contributed by atoms with E-state index in [4.69, 9.17) is 0 Å². The molecule has 0 N–H and O–H groups in total. The van der Waals surface area contributed by atoms with Crippen molar-refractivity contribution < 1.29 is 0 Å². The fraction of sp³-hybridized carbons (Fsp3) is 0.444. The molecule has 1 aliphatic heterocycles. The summed E-state index contributed by atoms with van der Waals surface area (Å²) in [4.78, 5) is 2.57. The Bertz CT molecular complexity index is 618. The highest BCUT2D eigenvalue weighted by Crippen LogP contribution is 2.37. The lowest BCUT2D eigenvalue weighted by Gasteiger charge is -2.30. The fourth-order valence-electron chi connectivity index (χ4n) is 2.83. The molecular weight excluding hydrogens is 340 g/mol. The number of thiophene rings is 1. The molecule has 2 aromatic rings. The minimum atomic E-state index is 1.05.